The highest BCUT2D eigenvalue weighted by Crippen LogP contribution is 2.47. The van der Waals surface area contributed by atoms with E-state index in [1.807, 2.05) is 6.07 Å². The van der Waals surface area contributed by atoms with E-state index < -0.39 is 5.97 Å². The van der Waals surface area contributed by atoms with Gasteiger partial charge in [0.1, 0.15) is 0 Å². The van der Waals surface area contributed by atoms with Crippen molar-refractivity contribution in [3.63, 3.8) is 0 Å². The first kappa shape index (κ1) is 10.5. The zero-order chi connectivity index (χ0) is 12.0. The van der Waals surface area contributed by atoms with Crippen molar-refractivity contribution in [3.05, 3.63) is 29.3 Å². The minimum absolute atomic E-state index is 0.0148. The second-order valence-corrected chi connectivity index (χ2v) is 5.13. The molecule has 0 radical (unpaired) electrons. The van der Waals surface area contributed by atoms with Gasteiger partial charge in [-0.15, -0.1) is 0 Å². The molecule has 1 aromatic rings. The van der Waals surface area contributed by atoms with E-state index in [1.54, 1.807) is 12.1 Å². The number of carboxylic acids is 1. The van der Waals surface area contributed by atoms with Gasteiger partial charge >= 0.3 is 5.97 Å². The van der Waals surface area contributed by atoms with Crippen molar-refractivity contribution in [2.24, 2.45) is 4.99 Å². The van der Waals surface area contributed by atoms with Gasteiger partial charge in [-0.1, -0.05) is 13.3 Å². The van der Waals surface area contributed by atoms with E-state index in [0.29, 0.717) is 5.56 Å². The molecule has 1 fully saturated rings. The second-order valence-electron chi connectivity index (χ2n) is 5.13. The maximum absolute atomic E-state index is 11.0. The third kappa shape index (κ3) is 1.42. The van der Waals surface area contributed by atoms with E-state index >= 15 is 0 Å². The molecule has 1 unspecified atom stereocenters. The van der Waals surface area contributed by atoms with Crippen LogP contribution in [0.15, 0.2) is 23.2 Å². The van der Waals surface area contributed by atoms with Gasteiger partial charge in [-0.25, -0.2) is 4.79 Å². The fraction of sp³-hybridized carbons (Fsp3) is 0.429. The van der Waals surface area contributed by atoms with Crippen LogP contribution < -0.4 is 0 Å². The van der Waals surface area contributed by atoms with E-state index in [1.165, 1.54) is 18.6 Å². The summed E-state index contributed by atoms with van der Waals surface area (Å²) < 4.78 is 0. The number of hydrogen-bond donors (Lipinski definition) is 1. The molecule has 0 saturated heterocycles. The molecular formula is C14H15NO2. The molecule has 0 bridgehead atoms. The molecule has 1 aliphatic heterocycles. The maximum atomic E-state index is 11.0. The zero-order valence-electron chi connectivity index (χ0n) is 9.86. The van der Waals surface area contributed by atoms with Crippen LogP contribution >= 0.6 is 0 Å². The number of carbonyl (C=O) groups is 1. The summed E-state index contributed by atoms with van der Waals surface area (Å²) >= 11 is 0. The van der Waals surface area contributed by atoms with Crippen molar-refractivity contribution >= 4 is 17.4 Å². The number of benzene rings is 1. The maximum Gasteiger partial charge on any atom is 0.335 e. The Morgan fingerprint density at radius 1 is 1.41 bits per heavy atom. The Morgan fingerprint density at radius 3 is 3.00 bits per heavy atom. The van der Waals surface area contributed by atoms with Crippen LogP contribution in [0, 0.1) is 0 Å². The standard InChI is InChI=1S/C14H15NO2/c1-14-7-3-2-4-12(14)15-11-6-5-9(13(16)17)8-10(11)14/h5-6,8H,2-4,7H2,1H3,(H,16,17). The SMILES string of the molecule is CC12CCCCC1=Nc1ccc(C(=O)O)cc12. The average Bonchev–Trinajstić information content (AvgIpc) is 2.61. The van der Waals surface area contributed by atoms with Crippen LogP contribution in [0.4, 0.5) is 5.69 Å². The van der Waals surface area contributed by atoms with Gasteiger partial charge in [0.15, 0.2) is 0 Å². The Labute approximate surface area is 100 Å². The fourth-order valence-electron chi connectivity index (χ4n) is 3.01. The summed E-state index contributed by atoms with van der Waals surface area (Å²) in [5.74, 6) is -0.861. The molecule has 1 atom stereocenters. The predicted octanol–water partition coefficient (Wildman–Crippen LogP) is 3.30. The number of fused-ring (bicyclic) bond motifs is 3. The van der Waals surface area contributed by atoms with Gasteiger partial charge in [-0.3, -0.25) is 4.99 Å². The summed E-state index contributed by atoms with van der Waals surface area (Å²) in [7, 11) is 0. The molecule has 17 heavy (non-hydrogen) atoms. The van der Waals surface area contributed by atoms with Gasteiger partial charge in [0.05, 0.1) is 11.3 Å². The van der Waals surface area contributed by atoms with E-state index in [2.05, 4.69) is 11.9 Å². The number of hydrogen-bond acceptors (Lipinski definition) is 2. The molecule has 0 amide bonds. The lowest BCUT2D eigenvalue weighted by molar-refractivity contribution is 0.0697. The predicted molar refractivity (Wildman–Crippen MR) is 66.3 cm³/mol. The van der Waals surface area contributed by atoms with E-state index in [9.17, 15) is 4.79 Å². The minimum Gasteiger partial charge on any atom is -0.478 e. The summed E-state index contributed by atoms with van der Waals surface area (Å²) in [6.45, 7) is 2.20. The topological polar surface area (TPSA) is 49.7 Å². The molecule has 1 heterocycles. The van der Waals surface area contributed by atoms with Gasteiger partial charge < -0.3 is 5.11 Å². The van der Waals surface area contributed by atoms with Crippen molar-refractivity contribution < 1.29 is 9.90 Å². The van der Waals surface area contributed by atoms with Crippen LogP contribution in [0.5, 0.6) is 0 Å². The summed E-state index contributed by atoms with van der Waals surface area (Å²) in [6, 6.07) is 5.29. The minimum atomic E-state index is -0.861. The van der Waals surface area contributed by atoms with Crippen LogP contribution in [0.25, 0.3) is 0 Å². The highest BCUT2D eigenvalue weighted by molar-refractivity contribution is 6.03. The van der Waals surface area contributed by atoms with Gasteiger partial charge in [-0.05, 0) is 43.0 Å². The largest absolute Gasteiger partial charge is 0.478 e. The Morgan fingerprint density at radius 2 is 2.24 bits per heavy atom. The van der Waals surface area contributed by atoms with Crippen LogP contribution in [0.2, 0.25) is 0 Å². The van der Waals surface area contributed by atoms with E-state index in [-0.39, 0.29) is 5.41 Å². The molecule has 1 saturated carbocycles. The molecule has 1 aliphatic carbocycles. The Hall–Kier alpha value is -1.64. The summed E-state index contributed by atoms with van der Waals surface area (Å²) in [5.41, 5.74) is 3.66. The first-order chi connectivity index (χ1) is 8.11. The number of aliphatic imine (C=N–C) groups is 1. The number of nitrogens with zero attached hydrogens (tertiary/aromatic N) is 1. The molecule has 0 spiro atoms. The molecule has 3 nitrogen and oxygen atoms in total. The van der Waals surface area contributed by atoms with Crippen LogP contribution in [-0.2, 0) is 5.41 Å². The normalized spacial score (nSPS) is 26.1. The Balaban J connectivity index is 2.14. The number of aromatic carboxylic acids is 1. The summed E-state index contributed by atoms with van der Waals surface area (Å²) in [5, 5.41) is 9.06. The smallest absolute Gasteiger partial charge is 0.335 e. The lowest BCUT2D eigenvalue weighted by Gasteiger charge is -2.31. The van der Waals surface area contributed by atoms with Gasteiger partial charge in [0.2, 0.25) is 0 Å². The molecule has 3 heteroatoms. The third-order valence-corrected chi connectivity index (χ3v) is 4.07. The van der Waals surface area contributed by atoms with Crippen molar-refractivity contribution in [2.45, 2.75) is 38.0 Å². The monoisotopic (exact) mass is 229 g/mol. The number of carboxylic acid groups (broad SMARTS) is 1. The molecule has 1 aromatic carbocycles. The highest BCUT2D eigenvalue weighted by atomic mass is 16.4. The average molecular weight is 229 g/mol. The second kappa shape index (κ2) is 3.42. The van der Waals surface area contributed by atoms with Crippen LogP contribution in [0.1, 0.15) is 48.5 Å². The van der Waals surface area contributed by atoms with Gasteiger partial charge in [0, 0.05) is 11.1 Å². The van der Waals surface area contributed by atoms with Crippen molar-refractivity contribution in [1.82, 2.24) is 0 Å². The van der Waals surface area contributed by atoms with E-state index in [4.69, 9.17) is 5.11 Å². The Kier molecular flexibility index (Phi) is 2.12. The number of rotatable bonds is 1. The lowest BCUT2D eigenvalue weighted by atomic mass is 9.70. The quantitative estimate of drug-likeness (QED) is 0.803. The van der Waals surface area contributed by atoms with Crippen LogP contribution in [-0.4, -0.2) is 16.8 Å². The Bertz CT molecular complexity index is 533. The fourth-order valence-corrected chi connectivity index (χ4v) is 3.01. The van der Waals surface area contributed by atoms with Crippen LogP contribution in [0.3, 0.4) is 0 Å². The highest BCUT2D eigenvalue weighted by Gasteiger charge is 2.40. The molecular weight excluding hydrogens is 214 g/mol. The third-order valence-electron chi connectivity index (χ3n) is 4.07. The molecule has 88 valence electrons. The first-order valence-corrected chi connectivity index (χ1v) is 6.07. The molecule has 1 N–H and O–H groups in total. The zero-order valence-corrected chi connectivity index (χ0v) is 9.86. The van der Waals surface area contributed by atoms with Crippen molar-refractivity contribution in [1.29, 1.82) is 0 Å². The molecule has 2 aliphatic rings. The molecule has 3 rings (SSSR count). The van der Waals surface area contributed by atoms with Crippen molar-refractivity contribution in [2.75, 3.05) is 0 Å². The lowest BCUT2D eigenvalue weighted by Crippen LogP contribution is -2.32. The molecule has 0 aromatic heterocycles. The van der Waals surface area contributed by atoms with Crippen molar-refractivity contribution in [3.8, 4) is 0 Å². The van der Waals surface area contributed by atoms with Gasteiger partial charge in [-0.2, -0.15) is 0 Å². The first-order valence-electron chi connectivity index (χ1n) is 6.07. The van der Waals surface area contributed by atoms with Gasteiger partial charge in [0.25, 0.3) is 0 Å². The van der Waals surface area contributed by atoms with E-state index in [0.717, 1.165) is 24.1 Å². The summed E-state index contributed by atoms with van der Waals surface area (Å²) in [6.07, 6.45) is 4.54. The summed E-state index contributed by atoms with van der Waals surface area (Å²) in [4.78, 5) is 15.7.